The molecule has 0 bridgehead atoms. The second-order valence-electron chi connectivity index (χ2n) is 3.17. The van der Waals surface area contributed by atoms with Crippen LogP contribution >= 0.6 is 11.8 Å². The summed E-state index contributed by atoms with van der Waals surface area (Å²) in [6, 6.07) is 5.78. The third kappa shape index (κ3) is 1.77. The Morgan fingerprint density at radius 2 is 2.29 bits per heavy atom. The van der Waals surface area contributed by atoms with E-state index in [2.05, 4.69) is 0 Å². The average Bonchev–Trinajstić information content (AvgIpc) is 2.20. The lowest BCUT2D eigenvalue weighted by Crippen LogP contribution is -2.11. The van der Waals surface area contributed by atoms with E-state index in [1.807, 2.05) is 25.1 Å². The largest absolute Gasteiger partial charge is 0.494 e. The standard InChI is InChI=1S/C11H12O2S/c1-2-13-9-4-3-8-6-14-7-11(12)10(8)5-9/h3-5H,2,6-7H2,1H3. The highest BCUT2D eigenvalue weighted by molar-refractivity contribution is 7.99. The molecule has 0 amide bonds. The van der Waals surface area contributed by atoms with E-state index in [1.165, 1.54) is 0 Å². The van der Waals surface area contributed by atoms with Gasteiger partial charge in [-0.15, -0.1) is 11.8 Å². The topological polar surface area (TPSA) is 26.3 Å². The molecule has 74 valence electrons. The van der Waals surface area contributed by atoms with Crippen LogP contribution in [-0.4, -0.2) is 18.1 Å². The fourth-order valence-electron chi connectivity index (χ4n) is 1.53. The summed E-state index contributed by atoms with van der Waals surface area (Å²) in [7, 11) is 0. The molecule has 1 heterocycles. The van der Waals surface area contributed by atoms with E-state index in [1.54, 1.807) is 11.8 Å². The molecule has 0 aromatic heterocycles. The Morgan fingerprint density at radius 3 is 3.07 bits per heavy atom. The van der Waals surface area contributed by atoms with Crippen molar-refractivity contribution >= 4 is 17.5 Å². The van der Waals surface area contributed by atoms with Gasteiger partial charge in [0.2, 0.25) is 0 Å². The summed E-state index contributed by atoms with van der Waals surface area (Å²) in [6.07, 6.45) is 0. The monoisotopic (exact) mass is 208 g/mol. The highest BCUT2D eigenvalue weighted by atomic mass is 32.2. The maximum Gasteiger partial charge on any atom is 0.173 e. The van der Waals surface area contributed by atoms with Crippen molar-refractivity contribution in [1.82, 2.24) is 0 Å². The summed E-state index contributed by atoms with van der Waals surface area (Å²) >= 11 is 1.67. The zero-order valence-electron chi connectivity index (χ0n) is 8.08. The molecule has 0 saturated carbocycles. The normalized spacial score (nSPS) is 15.1. The molecule has 0 unspecified atom stereocenters. The maximum absolute atomic E-state index is 11.6. The van der Waals surface area contributed by atoms with Crippen molar-refractivity contribution in [2.45, 2.75) is 12.7 Å². The van der Waals surface area contributed by atoms with Crippen LogP contribution < -0.4 is 4.74 Å². The first-order valence-electron chi connectivity index (χ1n) is 4.68. The Bertz CT molecular complexity index is 360. The van der Waals surface area contributed by atoms with Gasteiger partial charge in [-0.05, 0) is 24.6 Å². The van der Waals surface area contributed by atoms with E-state index >= 15 is 0 Å². The van der Waals surface area contributed by atoms with Gasteiger partial charge in [-0.1, -0.05) is 6.07 Å². The van der Waals surface area contributed by atoms with Gasteiger partial charge in [0.25, 0.3) is 0 Å². The molecule has 1 aromatic rings. The highest BCUT2D eigenvalue weighted by Gasteiger charge is 2.17. The Labute approximate surface area is 87.6 Å². The number of ether oxygens (including phenoxy) is 1. The van der Waals surface area contributed by atoms with E-state index in [0.29, 0.717) is 12.4 Å². The number of thioether (sulfide) groups is 1. The molecule has 0 aliphatic carbocycles. The van der Waals surface area contributed by atoms with E-state index in [4.69, 9.17) is 4.74 Å². The predicted molar refractivity (Wildman–Crippen MR) is 58.1 cm³/mol. The van der Waals surface area contributed by atoms with E-state index in [9.17, 15) is 4.79 Å². The fraction of sp³-hybridized carbons (Fsp3) is 0.364. The Kier molecular flexibility index (Phi) is 2.77. The molecular weight excluding hydrogens is 196 g/mol. The predicted octanol–water partition coefficient (Wildman–Crippen LogP) is 2.51. The van der Waals surface area contributed by atoms with Crippen LogP contribution in [0.3, 0.4) is 0 Å². The van der Waals surface area contributed by atoms with Crippen molar-refractivity contribution in [3.05, 3.63) is 29.3 Å². The van der Waals surface area contributed by atoms with Gasteiger partial charge in [0.05, 0.1) is 12.4 Å². The SMILES string of the molecule is CCOc1ccc2c(c1)C(=O)CSC2. The zero-order chi connectivity index (χ0) is 9.97. The number of hydrogen-bond acceptors (Lipinski definition) is 3. The van der Waals surface area contributed by atoms with Crippen LogP contribution in [-0.2, 0) is 5.75 Å². The third-order valence-electron chi connectivity index (χ3n) is 2.18. The van der Waals surface area contributed by atoms with Gasteiger partial charge in [-0.3, -0.25) is 4.79 Å². The fourth-order valence-corrected chi connectivity index (χ4v) is 2.44. The molecule has 3 heteroatoms. The van der Waals surface area contributed by atoms with Gasteiger partial charge in [-0.25, -0.2) is 0 Å². The molecule has 2 rings (SSSR count). The molecule has 0 spiro atoms. The van der Waals surface area contributed by atoms with E-state index in [0.717, 1.165) is 22.6 Å². The smallest absolute Gasteiger partial charge is 0.173 e. The summed E-state index contributed by atoms with van der Waals surface area (Å²) in [5.74, 6) is 2.56. The number of carbonyl (C=O) groups is 1. The zero-order valence-corrected chi connectivity index (χ0v) is 8.89. The Balaban J connectivity index is 2.36. The molecule has 0 saturated heterocycles. The molecule has 0 radical (unpaired) electrons. The number of carbonyl (C=O) groups excluding carboxylic acids is 1. The van der Waals surface area contributed by atoms with Crippen LogP contribution in [0, 0.1) is 0 Å². The number of rotatable bonds is 2. The second-order valence-corrected chi connectivity index (χ2v) is 4.15. The summed E-state index contributed by atoms with van der Waals surface area (Å²) in [4.78, 5) is 11.6. The van der Waals surface area contributed by atoms with Gasteiger partial charge in [-0.2, -0.15) is 0 Å². The molecule has 1 aromatic carbocycles. The van der Waals surface area contributed by atoms with Crippen molar-refractivity contribution < 1.29 is 9.53 Å². The lowest BCUT2D eigenvalue weighted by atomic mass is 10.0. The minimum absolute atomic E-state index is 0.220. The quantitative estimate of drug-likeness (QED) is 0.747. The summed E-state index contributed by atoms with van der Waals surface area (Å²) < 4.78 is 5.36. The maximum atomic E-state index is 11.6. The summed E-state index contributed by atoms with van der Waals surface area (Å²) in [6.45, 7) is 2.58. The first kappa shape index (κ1) is 9.59. The molecule has 1 aliphatic rings. The van der Waals surface area contributed by atoms with Crippen LogP contribution in [0.5, 0.6) is 5.75 Å². The molecule has 14 heavy (non-hydrogen) atoms. The number of benzene rings is 1. The molecular formula is C11H12O2S. The number of Topliss-reactive ketones (excluding diaryl/α,β-unsaturated/α-hetero) is 1. The third-order valence-corrected chi connectivity index (χ3v) is 3.16. The van der Waals surface area contributed by atoms with Crippen molar-refractivity contribution in [3.63, 3.8) is 0 Å². The second kappa shape index (κ2) is 4.05. The first-order valence-corrected chi connectivity index (χ1v) is 5.83. The molecule has 0 fully saturated rings. The average molecular weight is 208 g/mol. The Hall–Kier alpha value is -0.960. The number of ketones is 1. The van der Waals surface area contributed by atoms with Gasteiger partial charge >= 0.3 is 0 Å². The first-order chi connectivity index (χ1) is 6.81. The van der Waals surface area contributed by atoms with E-state index < -0.39 is 0 Å². The highest BCUT2D eigenvalue weighted by Crippen LogP contribution is 2.27. The van der Waals surface area contributed by atoms with Crippen molar-refractivity contribution in [3.8, 4) is 5.75 Å². The van der Waals surface area contributed by atoms with Gasteiger partial charge in [0.1, 0.15) is 5.75 Å². The van der Waals surface area contributed by atoms with Crippen molar-refractivity contribution in [1.29, 1.82) is 0 Å². The minimum atomic E-state index is 0.220. The molecule has 0 N–H and O–H groups in total. The summed E-state index contributed by atoms with van der Waals surface area (Å²) in [5.41, 5.74) is 1.98. The van der Waals surface area contributed by atoms with Crippen molar-refractivity contribution in [2.75, 3.05) is 12.4 Å². The van der Waals surface area contributed by atoms with Gasteiger partial charge in [0.15, 0.2) is 5.78 Å². The lowest BCUT2D eigenvalue weighted by molar-refractivity contribution is 0.102. The summed E-state index contributed by atoms with van der Waals surface area (Å²) in [5, 5.41) is 0. The Morgan fingerprint density at radius 1 is 1.43 bits per heavy atom. The molecule has 2 nitrogen and oxygen atoms in total. The van der Waals surface area contributed by atoms with Gasteiger partial charge < -0.3 is 4.74 Å². The van der Waals surface area contributed by atoms with Crippen LogP contribution in [0.4, 0.5) is 0 Å². The van der Waals surface area contributed by atoms with Crippen LogP contribution in [0.15, 0.2) is 18.2 Å². The van der Waals surface area contributed by atoms with Crippen LogP contribution in [0.2, 0.25) is 0 Å². The van der Waals surface area contributed by atoms with Crippen molar-refractivity contribution in [2.24, 2.45) is 0 Å². The van der Waals surface area contributed by atoms with Gasteiger partial charge in [0, 0.05) is 11.3 Å². The van der Waals surface area contributed by atoms with Crippen LogP contribution in [0.1, 0.15) is 22.8 Å². The number of fused-ring (bicyclic) bond motifs is 1. The van der Waals surface area contributed by atoms with E-state index in [-0.39, 0.29) is 5.78 Å². The number of hydrogen-bond donors (Lipinski definition) is 0. The minimum Gasteiger partial charge on any atom is -0.494 e. The lowest BCUT2D eigenvalue weighted by Gasteiger charge is -2.15. The molecule has 1 aliphatic heterocycles. The van der Waals surface area contributed by atoms with Crippen LogP contribution in [0.25, 0.3) is 0 Å². The molecule has 0 atom stereocenters.